The number of carbonyl (C=O) groups excluding carboxylic acids is 2. The molecule has 6 nitrogen and oxygen atoms in total. The van der Waals surface area contributed by atoms with E-state index in [9.17, 15) is 14.7 Å². The van der Waals surface area contributed by atoms with Crippen LogP contribution in [-0.2, 0) is 16.1 Å². The molecule has 2 aliphatic heterocycles. The molecule has 3 rings (SSSR count). The van der Waals surface area contributed by atoms with Crippen molar-refractivity contribution in [2.75, 3.05) is 32.7 Å². The molecule has 6 heteroatoms. The number of β-amino-alcohol motifs (C(OH)–C–C–N with tert-alkyl or cyclic N) is 1. The fraction of sp³-hybridized carbons (Fsp3) is 0.556. The number of piperidine rings is 1. The lowest BCUT2D eigenvalue weighted by Gasteiger charge is -2.41. The Balaban J connectivity index is 1.68. The summed E-state index contributed by atoms with van der Waals surface area (Å²) in [6, 6.07) is 8.08. The molecule has 0 unspecified atom stereocenters. The quantitative estimate of drug-likeness (QED) is 0.831. The molecule has 0 aromatic heterocycles. The Morgan fingerprint density at radius 3 is 2.88 bits per heavy atom. The normalized spacial score (nSPS) is 25.7. The fourth-order valence-electron chi connectivity index (χ4n) is 3.59. The summed E-state index contributed by atoms with van der Waals surface area (Å²) in [6.45, 7) is 4.91. The Bertz CT molecular complexity index is 634. The van der Waals surface area contributed by atoms with Gasteiger partial charge in [-0.2, -0.15) is 0 Å². The standard InChI is InChI=1S/C18H25N3O3/c1-14-4-2-5-15(10-14)11-21-8-3-6-18(24,17(21)23)13-20-9-7-19-16(22)12-20/h2,4-5,10,24H,3,6-9,11-13H2,1H3,(H,19,22)/t18-/m0/s1. The minimum absolute atomic E-state index is 0.0512. The first-order valence-electron chi connectivity index (χ1n) is 8.53. The van der Waals surface area contributed by atoms with E-state index in [-0.39, 0.29) is 24.9 Å². The maximum Gasteiger partial charge on any atom is 0.256 e. The summed E-state index contributed by atoms with van der Waals surface area (Å²) in [5, 5.41) is 13.7. The zero-order chi connectivity index (χ0) is 17.2. The molecular formula is C18H25N3O3. The topological polar surface area (TPSA) is 72.9 Å². The van der Waals surface area contributed by atoms with E-state index >= 15 is 0 Å². The van der Waals surface area contributed by atoms with Crippen LogP contribution < -0.4 is 5.32 Å². The second-order valence-corrected chi connectivity index (χ2v) is 6.91. The van der Waals surface area contributed by atoms with Gasteiger partial charge in [-0.05, 0) is 25.3 Å². The molecule has 0 spiro atoms. The van der Waals surface area contributed by atoms with Gasteiger partial charge in [0.2, 0.25) is 5.91 Å². The van der Waals surface area contributed by atoms with Gasteiger partial charge in [-0.25, -0.2) is 0 Å². The van der Waals surface area contributed by atoms with Crippen molar-refractivity contribution >= 4 is 11.8 Å². The number of aryl methyl sites for hydroxylation is 1. The molecule has 2 aliphatic rings. The van der Waals surface area contributed by atoms with Crippen LogP contribution >= 0.6 is 0 Å². The minimum Gasteiger partial charge on any atom is -0.379 e. The number of hydrogen-bond donors (Lipinski definition) is 2. The van der Waals surface area contributed by atoms with Gasteiger partial charge in [0, 0.05) is 32.7 Å². The molecule has 2 heterocycles. The van der Waals surface area contributed by atoms with Gasteiger partial charge in [-0.1, -0.05) is 29.8 Å². The van der Waals surface area contributed by atoms with Crippen LogP contribution in [0.2, 0.25) is 0 Å². The highest BCUT2D eigenvalue weighted by Gasteiger charge is 2.43. The highest BCUT2D eigenvalue weighted by atomic mass is 16.3. The molecule has 2 N–H and O–H groups in total. The number of nitrogens with one attached hydrogen (secondary N) is 1. The lowest BCUT2D eigenvalue weighted by molar-refractivity contribution is -0.161. The van der Waals surface area contributed by atoms with Gasteiger partial charge in [-0.15, -0.1) is 0 Å². The molecular weight excluding hydrogens is 306 g/mol. The first-order valence-corrected chi connectivity index (χ1v) is 8.53. The zero-order valence-corrected chi connectivity index (χ0v) is 14.1. The summed E-state index contributed by atoms with van der Waals surface area (Å²) in [4.78, 5) is 28.0. The van der Waals surface area contributed by atoms with Crippen LogP contribution in [0.3, 0.4) is 0 Å². The van der Waals surface area contributed by atoms with Crippen molar-refractivity contribution in [2.45, 2.75) is 31.9 Å². The van der Waals surface area contributed by atoms with Gasteiger partial charge in [0.05, 0.1) is 6.54 Å². The van der Waals surface area contributed by atoms with Crippen LogP contribution in [0.25, 0.3) is 0 Å². The van der Waals surface area contributed by atoms with Gasteiger partial charge in [0.1, 0.15) is 0 Å². The second kappa shape index (κ2) is 6.91. The third-order valence-electron chi connectivity index (χ3n) is 4.76. The lowest BCUT2D eigenvalue weighted by Crippen LogP contribution is -2.60. The Morgan fingerprint density at radius 2 is 2.12 bits per heavy atom. The molecule has 0 radical (unpaired) electrons. The second-order valence-electron chi connectivity index (χ2n) is 6.91. The maximum atomic E-state index is 12.8. The molecule has 1 aromatic carbocycles. The number of hydrogen-bond acceptors (Lipinski definition) is 4. The average molecular weight is 331 g/mol. The maximum absolute atomic E-state index is 12.8. The van der Waals surface area contributed by atoms with E-state index in [1.807, 2.05) is 30.0 Å². The predicted molar refractivity (Wildman–Crippen MR) is 90.2 cm³/mol. The van der Waals surface area contributed by atoms with Crippen LogP contribution in [0.4, 0.5) is 0 Å². The van der Waals surface area contributed by atoms with Crippen LogP contribution in [0.1, 0.15) is 24.0 Å². The van der Waals surface area contributed by atoms with Gasteiger partial charge in [0.15, 0.2) is 5.60 Å². The summed E-state index contributed by atoms with van der Waals surface area (Å²) >= 11 is 0. The summed E-state index contributed by atoms with van der Waals surface area (Å²) in [7, 11) is 0. The number of amides is 2. The summed E-state index contributed by atoms with van der Waals surface area (Å²) < 4.78 is 0. The van der Waals surface area contributed by atoms with Crippen molar-refractivity contribution in [2.24, 2.45) is 0 Å². The largest absolute Gasteiger partial charge is 0.379 e. The van der Waals surface area contributed by atoms with Crippen LogP contribution in [0.15, 0.2) is 24.3 Å². The summed E-state index contributed by atoms with van der Waals surface area (Å²) in [5.74, 6) is -0.272. The predicted octanol–water partition coefficient (Wildman–Crippen LogP) is 0.280. The molecule has 2 amide bonds. The van der Waals surface area contributed by atoms with E-state index in [1.165, 1.54) is 0 Å². The third kappa shape index (κ3) is 3.76. The van der Waals surface area contributed by atoms with Crippen molar-refractivity contribution in [1.29, 1.82) is 0 Å². The van der Waals surface area contributed by atoms with Gasteiger partial charge in [0.25, 0.3) is 5.91 Å². The highest BCUT2D eigenvalue weighted by molar-refractivity contribution is 5.86. The molecule has 1 aromatic rings. The number of aliphatic hydroxyl groups is 1. The first-order chi connectivity index (χ1) is 11.5. The Hall–Kier alpha value is -1.92. The van der Waals surface area contributed by atoms with Gasteiger partial charge in [-0.3, -0.25) is 14.5 Å². The van der Waals surface area contributed by atoms with Crippen molar-refractivity contribution in [3.8, 4) is 0 Å². The molecule has 1 atom stereocenters. The Labute approximate surface area is 142 Å². The Kier molecular flexibility index (Phi) is 4.87. The number of piperazine rings is 1. The van der Waals surface area contributed by atoms with Crippen molar-refractivity contribution in [3.05, 3.63) is 35.4 Å². The number of benzene rings is 1. The molecule has 24 heavy (non-hydrogen) atoms. The molecule has 2 fully saturated rings. The molecule has 0 saturated carbocycles. The number of likely N-dealkylation sites (tertiary alicyclic amines) is 1. The summed E-state index contributed by atoms with van der Waals surface area (Å²) in [6.07, 6.45) is 1.22. The smallest absolute Gasteiger partial charge is 0.256 e. The van der Waals surface area contributed by atoms with Crippen molar-refractivity contribution in [3.63, 3.8) is 0 Å². The van der Waals surface area contributed by atoms with E-state index in [2.05, 4.69) is 11.4 Å². The molecule has 2 saturated heterocycles. The molecule has 0 bridgehead atoms. The SMILES string of the molecule is Cc1cccc(CN2CCC[C@](O)(CN3CCNC(=O)C3)C2=O)c1. The van der Waals surface area contributed by atoms with E-state index < -0.39 is 5.60 Å². The zero-order valence-electron chi connectivity index (χ0n) is 14.1. The minimum atomic E-state index is -1.39. The molecule has 0 aliphatic carbocycles. The number of carbonyl (C=O) groups is 2. The number of rotatable bonds is 4. The lowest BCUT2D eigenvalue weighted by atomic mass is 9.90. The van der Waals surface area contributed by atoms with Crippen LogP contribution in [0, 0.1) is 6.92 Å². The average Bonchev–Trinajstić information content (AvgIpc) is 2.52. The van der Waals surface area contributed by atoms with E-state index in [4.69, 9.17) is 0 Å². The highest BCUT2D eigenvalue weighted by Crippen LogP contribution is 2.25. The van der Waals surface area contributed by atoms with Crippen LogP contribution in [0.5, 0.6) is 0 Å². The van der Waals surface area contributed by atoms with Crippen LogP contribution in [-0.4, -0.2) is 65.0 Å². The van der Waals surface area contributed by atoms with E-state index in [1.54, 1.807) is 4.90 Å². The Morgan fingerprint density at radius 1 is 1.29 bits per heavy atom. The van der Waals surface area contributed by atoms with Gasteiger partial charge < -0.3 is 15.3 Å². The summed E-state index contributed by atoms with van der Waals surface area (Å²) in [5.41, 5.74) is 0.844. The van der Waals surface area contributed by atoms with Gasteiger partial charge >= 0.3 is 0 Å². The fourth-order valence-corrected chi connectivity index (χ4v) is 3.59. The van der Waals surface area contributed by atoms with E-state index in [0.717, 1.165) is 17.5 Å². The monoisotopic (exact) mass is 331 g/mol. The molecule has 130 valence electrons. The van der Waals surface area contributed by atoms with Crippen molar-refractivity contribution in [1.82, 2.24) is 15.1 Å². The van der Waals surface area contributed by atoms with Crippen molar-refractivity contribution < 1.29 is 14.7 Å². The number of nitrogens with zero attached hydrogens (tertiary/aromatic N) is 2. The third-order valence-corrected chi connectivity index (χ3v) is 4.76. The first kappa shape index (κ1) is 16.9. The van der Waals surface area contributed by atoms with E-state index in [0.29, 0.717) is 32.6 Å².